The Labute approximate surface area is 158 Å². The van der Waals surface area contributed by atoms with Crippen molar-refractivity contribution in [1.82, 2.24) is 15.2 Å². The molecule has 28 heavy (non-hydrogen) atoms. The molecule has 0 fully saturated rings. The molecule has 0 radical (unpaired) electrons. The fraction of sp³-hybridized carbons (Fsp3) is 0.158. The Balaban J connectivity index is 1.53. The van der Waals surface area contributed by atoms with Gasteiger partial charge in [0.2, 0.25) is 0 Å². The van der Waals surface area contributed by atoms with Crippen LogP contribution in [0.2, 0.25) is 0 Å². The van der Waals surface area contributed by atoms with Crippen molar-refractivity contribution >= 4 is 11.7 Å². The van der Waals surface area contributed by atoms with E-state index in [2.05, 4.69) is 15.2 Å². The van der Waals surface area contributed by atoms with E-state index in [4.69, 9.17) is 9.47 Å². The fourth-order valence-corrected chi connectivity index (χ4v) is 2.91. The molecule has 0 atom stereocenters. The molecule has 1 aliphatic heterocycles. The Hall–Kier alpha value is -3.75. The third-order valence-electron chi connectivity index (χ3n) is 4.29. The van der Waals surface area contributed by atoms with Gasteiger partial charge in [-0.15, -0.1) is 0 Å². The van der Waals surface area contributed by atoms with Crippen LogP contribution >= 0.6 is 0 Å². The molecule has 4 rings (SSSR count). The van der Waals surface area contributed by atoms with Crippen molar-refractivity contribution in [3.8, 4) is 11.5 Å². The lowest BCUT2D eigenvalue weighted by Crippen LogP contribution is -2.25. The minimum Gasteiger partial charge on any atom is -0.495 e. The molecule has 0 unspecified atom stereocenters. The Morgan fingerprint density at radius 1 is 1.18 bits per heavy atom. The third kappa shape index (κ3) is 3.29. The Morgan fingerprint density at radius 2 is 2.04 bits per heavy atom. The standard InChI is InChI=1S/C19H15FN4O4/c1-27-13-3-2-12(21-8-13)10-28-14-6-11-9-24(16-4-5-17(25)23-22-16)19(26)18(11)15(20)7-14/h2-8H,9-10H2,1H3,(H,23,25). The Kier molecular flexibility index (Phi) is 4.48. The number of rotatable bonds is 5. The number of methoxy groups -OCH3 is 1. The number of hydrogen-bond donors (Lipinski definition) is 1. The molecule has 0 saturated carbocycles. The van der Waals surface area contributed by atoms with Gasteiger partial charge in [-0.1, -0.05) is 0 Å². The summed E-state index contributed by atoms with van der Waals surface area (Å²) in [5.74, 6) is -0.0348. The van der Waals surface area contributed by atoms with Crippen LogP contribution in [-0.2, 0) is 13.2 Å². The SMILES string of the molecule is COc1ccc(COc2cc(F)c3c(c2)CN(c2ccc(=O)[nH]n2)C3=O)nc1. The molecule has 0 saturated heterocycles. The molecule has 3 aromatic rings. The summed E-state index contributed by atoms with van der Waals surface area (Å²) in [6, 6.07) is 8.95. The van der Waals surface area contributed by atoms with Crippen molar-refractivity contribution in [3.63, 3.8) is 0 Å². The molecule has 1 N–H and O–H groups in total. The first-order chi connectivity index (χ1) is 13.5. The van der Waals surface area contributed by atoms with Crippen LogP contribution in [0.25, 0.3) is 0 Å². The number of ether oxygens (including phenoxy) is 2. The van der Waals surface area contributed by atoms with Gasteiger partial charge in [-0.3, -0.25) is 19.5 Å². The van der Waals surface area contributed by atoms with E-state index in [1.807, 2.05) is 0 Å². The number of pyridine rings is 1. The minimum absolute atomic E-state index is 0.0251. The zero-order valence-corrected chi connectivity index (χ0v) is 14.8. The van der Waals surface area contributed by atoms with E-state index in [-0.39, 0.29) is 35.8 Å². The summed E-state index contributed by atoms with van der Waals surface area (Å²) in [5.41, 5.74) is 0.720. The van der Waals surface area contributed by atoms with Gasteiger partial charge in [-0.25, -0.2) is 9.49 Å². The summed E-state index contributed by atoms with van der Waals surface area (Å²) in [7, 11) is 1.55. The number of carbonyl (C=O) groups is 1. The zero-order chi connectivity index (χ0) is 19.7. The van der Waals surface area contributed by atoms with Gasteiger partial charge in [0.05, 0.1) is 31.1 Å². The molecule has 1 aliphatic rings. The van der Waals surface area contributed by atoms with Crippen molar-refractivity contribution < 1.29 is 18.7 Å². The van der Waals surface area contributed by atoms with E-state index in [1.54, 1.807) is 31.5 Å². The highest BCUT2D eigenvalue weighted by molar-refractivity contribution is 6.09. The first kappa shape index (κ1) is 17.7. The van der Waals surface area contributed by atoms with E-state index in [1.165, 1.54) is 23.1 Å². The number of fused-ring (bicyclic) bond motifs is 1. The summed E-state index contributed by atoms with van der Waals surface area (Å²) in [4.78, 5) is 29.2. The average molecular weight is 382 g/mol. The van der Waals surface area contributed by atoms with Crippen molar-refractivity contribution in [2.24, 2.45) is 0 Å². The largest absolute Gasteiger partial charge is 0.495 e. The number of aromatic nitrogens is 3. The number of aromatic amines is 1. The van der Waals surface area contributed by atoms with Crippen molar-refractivity contribution in [2.45, 2.75) is 13.2 Å². The molecule has 2 aromatic heterocycles. The van der Waals surface area contributed by atoms with Crippen LogP contribution in [0.15, 0.2) is 47.4 Å². The van der Waals surface area contributed by atoms with Crippen LogP contribution in [0, 0.1) is 5.82 Å². The molecular formula is C19H15FN4O4. The number of anilines is 1. The molecule has 142 valence electrons. The molecule has 9 heteroatoms. The van der Waals surface area contributed by atoms with E-state index in [9.17, 15) is 14.0 Å². The molecule has 0 aliphatic carbocycles. The first-order valence-corrected chi connectivity index (χ1v) is 8.37. The van der Waals surface area contributed by atoms with Gasteiger partial charge in [0, 0.05) is 12.1 Å². The quantitative estimate of drug-likeness (QED) is 0.725. The summed E-state index contributed by atoms with van der Waals surface area (Å²) in [5, 5.41) is 6.09. The van der Waals surface area contributed by atoms with Gasteiger partial charge in [0.15, 0.2) is 5.82 Å². The second-order valence-electron chi connectivity index (χ2n) is 6.09. The second-order valence-corrected chi connectivity index (χ2v) is 6.09. The van der Waals surface area contributed by atoms with Crippen LogP contribution in [0.3, 0.4) is 0 Å². The fourth-order valence-electron chi connectivity index (χ4n) is 2.91. The van der Waals surface area contributed by atoms with Crippen LogP contribution in [0.5, 0.6) is 11.5 Å². The van der Waals surface area contributed by atoms with Crippen molar-refractivity contribution in [2.75, 3.05) is 12.0 Å². The maximum absolute atomic E-state index is 14.5. The number of hydrogen-bond acceptors (Lipinski definition) is 6. The van der Waals surface area contributed by atoms with Crippen LogP contribution in [0.4, 0.5) is 10.2 Å². The second kappa shape index (κ2) is 7.10. The Bertz CT molecular complexity index is 1080. The zero-order valence-electron chi connectivity index (χ0n) is 14.8. The normalized spacial score (nSPS) is 12.8. The Morgan fingerprint density at radius 3 is 2.71 bits per heavy atom. The first-order valence-electron chi connectivity index (χ1n) is 8.37. The van der Waals surface area contributed by atoms with Gasteiger partial charge < -0.3 is 9.47 Å². The number of nitrogens with one attached hydrogen (secondary N) is 1. The maximum Gasteiger partial charge on any atom is 0.264 e. The van der Waals surface area contributed by atoms with Crippen LogP contribution < -0.4 is 19.9 Å². The number of carbonyl (C=O) groups excluding carboxylic acids is 1. The van der Waals surface area contributed by atoms with Gasteiger partial charge in [0.25, 0.3) is 11.5 Å². The molecule has 3 heterocycles. The van der Waals surface area contributed by atoms with Gasteiger partial charge in [-0.05, 0) is 29.8 Å². The number of halogens is 1. The van der Waals surface area contributed by atoms with Gasteiger partial charge in [0.1, 0.15) is 23.9 Å². The molecule has 0 spiro atoms. The maximum atomic E-state index is 14.5. The van der Waals surface area contributed by atoms with E-state index in [0.29, 0.717) is 17.0 Å². The average Bonchev–Trinajstić information content (AvgIpc) is 3.04. The monoisotopic (exact) mass is 382 g/mol. The van der Waals surface area contributed by atoms with Crippen LogP contribution in [0.1, 0.15) is 21.6 Å². The van der Waals surface area contributed by atoms with E-state index >= 15 is 0 Å². The number of nitrogens with zero attached hydrogens (tertiary/aromatic N) is 3. The topological polar surface area (TPSA) is 97.4 Å². The highest BCUT2D eigenvalue weighted by atomic mass is 19.1. The van der Waals surface area contributed by atoms with Crippen molar-refractivity contribution in [3.05, 3.63) is 75.6 Å². The summed E-state index contributed by atoms with van der Waals surface area (Å²) < 4.78 is 25.2. The number of amides is 1. The summed E-state index contributed by atoms with van der Waals surface area (Å²) in [6.07, 6.45) is 1.57. The van der Waals surface area contributed by atoms with Gasteiger partial charge in [-0.2, -0.15) is 5.10 Å². The van der Waals surface area contributed by atoms with Crippen molar-refractivity contribution in [1.29, 1.82) is 0 Å². The number of benzene rings is 1. The predicted molar refractivity (Wildman–Crippen MR) is 96.9 cm³/mol. The predicted octanol–water partition coefficient (Wildman–Crippen LogP) is 2.05. The van der Waals surface area contributed by atoms with Crippen LogP contribution in [-0.4, -0.2) is 28.2 Å². The molecular weight excluding hydrogens is 367 g/mol. The molecule has 1 aromatic carbocycles. The van der Waals surface area contributed by atoms with Gasteiger partial charge >= 0.3 is 0 Å². The lowest BCUT2D eigenvalue weighted by molar-refractivity contribution is 0.0992. The molecule has 1 amide bonds. The molecule has 8 nitrogen and oxygen atoms in total. The highest BCUT2D eigenvalue weighted by Gasteiger charge is 2.33. The third-order valence-corrected chi connectivity index (χ3v) is 4.29. The van der Waals surface area contributed by atoms with E-state index < -0.39 is 11.7 Å². The van der Waals surface area contributed by atoms with E-state index in [0.717, 1.165) is 0 Å². The minimum atomic E-state index is -0.674. The lowest BCUT2D eigenvalue weighted by Gasteiger charge is -2.12. The molecule has 0 bridgehead atoms. The summed E-state index contributed by atoms with van der Waals surface area (Å²) in [6.45, 7) is 0.267. The smallest absolute Gasteiger partial charge is 0.264 e. The lowest BCUT2D eigenvalue weighted by atomic mass is 10.1. The number of H-pyrrole nitrogens is 1. The highest BCUT2D eigenvalue weighted by Crippen LogP contribution is 2.32. The summed E-state index contributed by atoms with van der Waals surface area (Å²) >= 11 is 0.